The highest BCUT2D eigenvalue weighted by molar-refractivity contribution is 7.90. The van der Waals surface area contributed by atoms with Gasteiger partial charge >= 0.3 is 0 Å². The molecule has 3 aromatic carbocycles. The van der Waals surface area contributed by atoms with Crippen molar-refractivity contribution in [1.82, 2.24) is 9.73 Å². The van der Waals surface area contributed by atoms with Gasteiger partial charge in [-0.25, -0.2) is 36.7 Å². The fourth-order valence-electron chi connectivity index (χ4n) is 3.98. The van der Waals surface area contributed by atoms with Crippen molar-refractivity contribution in [2.45, 2.75) is 23.8 Å². The van der Waals surface area contributed by atoms with Crippen molar-refractivity contribution in [2.24, 2.45) is 15.2 Å². The van der Waals surface area contributed by atoms with Crippen LogP contribution in [-0.2, 0) is 20.0 Å². The van der Waals surface area contributed by atoms with Crippen LogP contribution < -0.4 is 9.86 Å². The van der Waals surface area contributed by atoms with E-state index in [0.717, 1.165) is 11.1 Å². The molecule has 0 saturated carbocycles. The number of hydrazone groups is 1. The van der Waals surface area contributed by atoms with Crippen molar-refractivity contribution in [3.8, 4) is 0 Å². The minimum Gasteiger partial charge on any atom is -0.248 e. The van der Waals surface area contributed by atoms with Gasteiger partial charge in [-0.3, -0.25) is 0 Å². The molecule has 1 aliphatic rings. The molecule has 0 aromatic heterocycles. The van der Waals surface area contributed by atoms with Crippen molar-refractivity contribution in [3.63, 3.8) is 0 Å². The second-order valence-corrected chi connectivity index (χ2v) is 12.9. The number of halogens is 2. The molecule has 38 heavy (non-hydrogen) atoms. The zero-order valence-corrected chi connectivity index (χ0v) is 23.3. The van der Waals surface area contributed by atoms with Gasteiger partial charge in [-0.1, -0.05) is 65.7 Å². The Morgan fingerprint density at radius 1 is 1.00 bits per heavy atom. The predicted molar refractivity (Wildman–Crippen MR) is 151 cm³/mol. The highest BCUT2D eigenvalue weighted by atomic mass is 35.5. The third-order valence-electron chi connectivity index (χ3n) is 5.67. The molecule has 1 heterocycles. The third-order valence-corrected chi connectivity index (χ3v) is 8.46. The Morgan fingerprint density at radius 3 is 2.16 bits per heavy atom. The van der Waals surface area contributed by atoms with Gasteiger partial charge in [0.25, 0.3) is 10.0 Å². The molecule has 200 valence electrons. The van der Waals surface area contributed by atoms with Crippen LogP contribution in [0.5, 0.6) is 0 Å². The molecule has 2 atom stereocenters. The average Bonchev–Trinajstić information content (AvgIpc) is 3.29. The van der Waals surface area contributed by atoms with Gasteiger partial charge in [0.05, 0.1) is 28.9 Å². The van der Waals surface area contributed by atoms with Crippen LogP contribution in [0.3, 0.4) is 0 Å². The van der Waals surface area contributed by atoms with Crippen LogP contribution in [0.1, 0.15) is 24.0 Å². The number of nitrogens with zero attached hydrogens (tertiary/aromatic N) is 3. The number of nitrogens with two attached hydrogens (primary N) is 1. The van der Waals surface area contributed by atoms with Crippen molar-refractivity contribution in [3.05, 3.63) is 100 Å². The molecular weight excluding hydrogens is 569 g/mol. The maximum absolute atomic E-state index is 13.3. The Labute approximate surface area is 232 Å². The Balaban J connectivity index is 1.77. The van der Waals surface area contributed by atoms with Crippen LogP contribution in [0, 0.1) is 0 Å². The summed E-state index contributed by atoms with van der Waals surface area (Å²) < 4.78 is 52.4. The van der Waals surface area contributed by atoms with Gasteiger partial charge in [0.1, 0.15) is 0 Å². The number of guanidine groups is 1. The zero-order chi connectivity index (χ0) is 27.5. The van der Waals surface area contributed by atoms with Crippen molar-refractivity contribution >= 4 is 54.9 Å². The first kappa shape index (κ1) is 28.1. The van der Waals surface area contributed by atoms with Gasteiger partial charge < -0.3 is 0 Å². The maximum atomic E-state index is 13.3. The lowest BCUT2D eigenvalue weighted by Gasteiger charge is -2.21. The normalized spacial score (nSPS) is 17.3. The van der Waals surface area contributed by atoms with Crippen molar-refractivity contribution < 1.29 is 16.8 Å². The summed E-state index contributed by atoms with van der Waals surface area (Å²) in [5.41, 5.74) is 2.43. The van der Waals surface area contributed by atoms with Crippen LogP contribution in [0.25, 0.3) is 0 Å². The smallest absolute Gasteiger partial charge is 0.248 e. The van der Waals surface area contributed by atoms with Crippen molar-refractivity contribution in [1.29, 1.82) is 0 Å². The molecule has 0 saturated heterocycles. The number of nitrogens with one attached hydrogen (secondary N) is 1. The number of hydrogen-bond donors (Lipinski definition) is 2. The topological polar surface area (TPSA) is 134 Å². The summed E-state index contributed by atoms with van der Waals surface area (Å²) in [6.45, 7) is 1.77. The number of hydrogen-bond acceptors (Lipinski definition) is 6. The standard InChI is InChI=1S/C25H25Cl2N5O4S2/c1-17(16-37(28,33)34)29-25(31-38(35,36)22-13-11-21(27)12-14-22)32-15-23(18-5-3-2-4-6-18)24(30-32)19-7-9-20(26)10-8-19/h2-14,17,23H,15-16H2,1H3,(H,29,31)(H2,28,33,34)/t17-,23+/m1/s1. The minimum atomic E-state index is -4.12. The Morgan fingerprint density at radius 2 is 1.58 bits per heavy atom. The first-order valence-electron chi connectivity index (χ1n) is 11.4. The van der Waals surface area contributed by atoms with E-state index in [1.54, 1.807) is 12.1 Å². The van der Waals surface area contributed by atoms with Gasteiger partial charge in [0.2, 0.25) is 16.0 Å². The summed E-state index contributed by atoms with van der Waals surface area (Å²) in [5.74, 6) is -0.861. The molecule has 3 aromatic rings. The molecule has 0 spiro atoms. The maximum Gasteiger partial charge on any atom is 0.264 e. The molecule has 13 heteroatoms. The summed E-state index contributed by atoms with van der Waals surface area (Å²) in [6.07, 6.45) is 0. The summed E-state index contributed by atoms with van der Waals surface area (Å²) >= 11 is 12.0. The molecule has 0 amide bonds. The Bertz CT molecular complexity index is 1560. The van der Waals surface area contributed by atoms with Gasteiger partial charge in [-0.2, -0.15) is 5.10 Å². The Hall–Kier alpha value is -2.96. The summed E-state index contributed by atoms with van der Waals surface area (Å²) in [4.78, 5) is 4.33. The lowest BCUT2D eigenvalue weighted by atomic mass is 9.91. The molecular formula is C25H25Cl2N5O4S2. The molecule has 0 radical (unpaired) electrons. The monoisotopic (exact) mass is 593 g/mol. The molecule has 3 N–H and O–H groups in total. The van der Waals surface area contributed by atoms with Gasteiger partial charge in [-0.05, 0) is 54.4 Å². The molecule has 0 fully saturated rings. The molecule has 0 bridgehead atoms. The molecule has 1 aliphatic heterocycles. The number of primary sulfonamides is 1. The molecule has 0 unspecified atom stereocenters. The van der Waals surface area contributed by atoms with E-state index in [-0.39, 0.29) is 23.3 Å². The van der Waals surface area contributed by atoms with Crippen LogP contribution in [0.4, 0.5) is 0 Å². The SMILES string of the molecule is C[C@H](CS(N)(=O)=O)/N=C(/NS(=O)(=O)c1ccc(Cl)cc1)N1C[C@@H](c2ccccc2)C(c2ccc(Cl)cc2)=N1. The summed E-state index contributed by atoms with van der Waals surface area (Å²) in [6, 6.07) is 21.5. The zero-order valence-electron chi connectivity index (χ0n) is 20.2. The highest BCUT2D eigenvalue weighted by Gasteiger charge is 2.33. The molecule has 4 rings (SSSR count). The number of aliphatic imine (C=N–C) groups is 1. The van der Waals surface area contributed by atoms with E-state index >= 15 is 0 Å². The first-order valence-corrected chi connectivity index (χ1v) is 15.4. The average molecular weight is 595 g/mol. The van der Waals surface area contributed by atoms with Gasteiger partial charge in [-0.15, -0.1) is 0 Å². The first-order chi connectivity index (χ1) is 17.9. The fourth-order valence-corrected chi connectivity index (χ4v) is 5.99. The molecule has 9 nitrogen and oxygen atoms in total. The van der Waals surface area contributed by atoms with Crippen LogP contribution in [0.2, 0.25) is 10.0 Å². The van der Waals surface area contributed by atoms with E-state index < -0.39 is 31.8 Å². The molecule has 0 aliphatic carbocycles. The van der Waals surface area contributed by atoms with Crippen LogP contribution >= 0.6 is 23.2 Å². The van der Waals surface area contributed by atoms with E-state index in [4.69, 9.17) is 33.4 Å². The predicted octanol–water partition coefficient (Wildman–Crippen LogP) is 3.81. The lowest BCUT2D eigenvalue weighted by Crippen LogP contribution is -2.42. The highest BCUT2D eigenvalue weighted by Crippen LogP contribution is 2.30. The largest absolute Gasteiger partial charge is 0.264 e. The number of rotatable bonds is 7. The van der Waals surface area contributed by atoms with Crippen molar-refractivity contribution in [2.75, 3.05) is 12.3 Å². The summed E-state index contributed by atoms with van der Waals surface area (Å²) in [5, 5.41) is 12.3. The minimum absolute atomic E-state index is 0.0468. The van der Waals surface area contributed by atoms with Gasteiger partial charge in [0.15, 0.2) is 0 Å². The van der Waals surface area contributed by atoms with Crippen LogP contribution in [-0.4, -0.2) is 51.9 Å². The second kappa shape index (κ2) is 11.4. The second-order valence-electron chi connectivity index (χ2n) is 8.73. The number of sulfonamides is 2. The lowest BCUT2D eigenvalue weighted by molar-refractivity contribution is 0.458. The van der Waals surface area contributed by atoms with E-state index in [0.29, 0.717) is 15.8 Å². The van der Waals surface area contributed by atoms with Crippen LogP contribution in [0.15, 0.2) is 93.9 Å². The van der Waals surface area contributed by atoms with E-state index in [2.05, 4.69) is 9.71 Å². The number of benzene rings is 3. The third kappa shape index (κ3) is 7.12. The van der Waals surface area contributed by atoms with E-state index in [1.165, 1.54) is 36.2 Å². The van der Waals surface area contributed by atoms with E-state index in [9.17, 15) is 16.8 Å². The fraction of sp³-hybridized carbons (Fsp3) is 0.200. The summed E-state index contributed by atoms with van der Waals surface area (Å²) in [7, 11) is -7.99. The van der Waals surface area contributed by atoms with Gasteiger partial charge in [0, 0.05) is 16.0 Å². The quantitative estimate of drug-likeness (QED) is 0.317. The van der Waals surface area contributed by atoms with E-state index in [1.807, 2.05) is 42.5 Å². The Kier molecular flexibility index (Phi) is 8.43.